The van der Waals surface area contributed by atoms with Crippen LogP contribution in [0.1, 0.15) is 18.4 Å². The van der Waals surface area contributed by atoms with Gasteiger partial charge in [0.25, 0.3) is 5.69 Å². The highest BCUT2D eigenvalue weighted by Crippen LogP contribution is 2.30. The van der Waals surface area contributed by atoms with Crippen LogP contribution in [-0.4, -0.2) is 24.1 Å². The maximum absolute atomic E-state index is 14.1. The van der Waals surface area contributed by atoms with Crippen LogP contribution in [0.25, 0.3) is 0 Å². The molecule has 3 rings (SSSR count). The SMILES string of the molecule is O=[N+]([O-])c1cc(F)c(N2CCC(OCc3ccc(F)cc3)CC2)c(F)c1. The van der Waals surface area contributed by atoms with Crippen molar-refractivity contribution in [2.45, 2.75) is 25.6 Å². The lowest BCUT2D eigenvalue weighted by Crippen LogP contribution is -2.38. The predicted molar refractivity (Wildman–Crippen MR) is 89.4 cm³/mol. The molecule has 8 heteroatoms. The zero-order valence-corrected chi connectivity index (χ0v) is 13.8. The van der Waals surface area contributed by atoms with Gasteiger partial charge in [-0.25, -0.2) is 13.2 Å². The molecular formula is C18H17F3N2O3. The molecule has 1 aliphatic heterocycles. The third-order valence-electron chi connectivity index (χ3n) is 4.37. The molecule has 0 spiro atoms. The van der Waals surface area contributed by atoms with Gasteiger partial charge in [-0.15, -0.1) is 0 Å². The van der Waals surface area contributed by atoms with Gasteiger partial charge in [0.15, 0.2) is 11.6 Å². The fourth-order valence-electron chi connectivity index (χ4n) is 3.00. The molecule has 1 saturated heterocycles. The second-order valence-electron chi connectivity index (χ2n) is 6.14. The summed E-state index contributed by atoms with van der Waals surface area (Å²) in [6, 6.07) is 7.48. The van der Waals surface area contributed by atoms with Gasteiger partial charge in [0, 0.05) is 13.1 Å². The van der Waals surface area contributed by atoms with Crippen molar-refractivity contribution in [3.8, 4) is 0 Å². The number of nitro benzene ring substituents is 1. The van der Waals surface area contributed by atoms with Crippen LogP contribution in [0.4, 0.5) is 24.5 Å². The Bertz CT molecular complexity index is 768. The van der Waals surface area contributed by atoms with Crippen molar-refractivity contribution in [1.29, 1.82) is 0 Å². The quantitative estimate of drug-likeness (QED) is 0.588. The van der Waals surface area contributed by atoms with E-state index in [1.807, 2.05) is 0 Å². The first kappa shape index (κ1) is 18.2. The minimum absolute atomic E-state index is 0.0690. The number of anilines is 1. The Morgan fingerprint density at radius 3 is 2.19 bits per heavy atom. The van der Waals surface area contributed by atoms with Crippen LogP contribution in [0, 0.1) is 27.6 Å². The second-order valence-corrected chi connectivity index (χ2v) is 6.14. The van der Waals surface area contributed by atoms with E-state index in [1.165, 1.54) is 17.0 Å². The predicted octanol–water partition coefficient (Wildman–Crippen LogP) is 4.20. The highest BCUT2D eigenvalue weighted by molar-refractivity contribution is 5.54. The number of nitro groups is 1. The summed E-state index contributed by atoms with van der Waals surface area (Å²) in [5.74, 6) is -2.20. The van der Waals surface area contributed by atoms with E-state index in [1.54, 1.807) is 12.1 Å². The Hall–Kier alpha value is -2.61. The van der Waals surface area contributed by atoms with E-state index in [-0.39, 0.29) is 17.6 Å². The molecule has 0 unspecified atom stereocenters. The molecule has 0 atom stereocenters. The van der Waals surface area contributed by atoms with Crippen molar-refractivity contribution in [3.05, 3.63) is 69.5 Å². The molecule has 0 saturated carbocycles. The van der Waals surface area contributed by atoms with E-state index in [0.717, 1.165) is 17.7 Å². The minimum Gasteiger partial charge on any atom is -0.373 e. The second kappa shape index (κ2) is 7.74. The van der Waals surface area contributed by atoms with Crippen LogP contribution in [0.2, 0.25) is 0 Å². The van der Waals surface area contributed by atoms with Crippen LogP contribution in [0.3, 0.4) is 0 Å². The third-order valence-corrected chi connectivity index (χ3v) is 4.37. The van der Waals surface area contributed by atoms with Gasteiger partial charge in [0.1, 0.15) is 11.5 Å². The molecule has 0 N–H and O–H groups in total. The summed E-state index contributed by atoms with van der Waals surface area (Å²) in [5.41, 5.74) is -0.00450. The van der Waals surface area contributed by atoms with E-state index < -0.39 is 22.2 Å². The van der Waals surface area contributed by atoms with E-state index >= 15 is 0 Å². The number of nitrogens with zero attached hydrogens (tertiary/aromatic N) is 2. The fraction of sp³-hybridized carbons (Fsp3) is 0.333. The van der Waals surface area contributed by atoms with Crippen molar-refractivity contribution < 1.29 is 22.8 Å². The molecular weight excluding hydrogens is 349 g/mol. The molecule has 0 bridgehead atoms. The maximum atomic E-state index is 14.1. The van der Waals surface area contributed by atoms with Gasteiger partial charge in [-0.1, -0.05) is 12.1 Å². The monoisotopic (exact) mass is 366 g/mol. The van der Waals surface area contributed by atoms with Crippen molar-refractivity contribution in [2.75, 3.05) is 18.0 Å². The smallest absolute Gasteiger partial charge is 0.275 e. The fourth-order valence-corrected chi connectivity index (χ4v) is 3.00. The topological polar surface area (TPSA) is 55.6 Å². The summed E-state index contributed by atoms with van der Waals surface area (Å²) < 4.78 is 46.9. The first-order chi connectivity index (χ1) is 12.4. The maximum Gasteiger partial charge on any atom is 0.275 e. The Kier molecular flexibility index (Phi) is 5.41. The summed E-state index contributed by atoms with van der Waals surface area (Å²) >= 11 is 0. The van der Waals surface area contributed by atoms with Crippen LogP contribution in [-0.2, 0) is 11.3 Å². The average Bonchev–Trinajstić information content (AvgIpc) is 2.61. The number of rotatable bonds is 5. The number of hydrogen-bond acceptors (Lipinski definition) is 4. The highest BCUT2D eigenvalue weighted by atomic mass is 19.1. The largest absolute Gasteiger partial charge is 0.373 e. The Morgan fingerprint density at radius 2 is 1.65 bits per heavy atom. The Morgan fingerprint density at radius 1 is 1.08 bits per heavy atom. The van der Waals surface area contributed by atoms with Crippen molar-refractivity contribution >= 4 is 11.4 Å². The zero-order chi connectivity index (χ0) is 18.7. The van der Waals surface area contributed by atoms with E-state index in [4.69, 9.17) is 4.74 Å². The minimum atomic E-state index is -0.942. The first-order valence-corrected chi connectivity index (χ1v) is 8.18. The number of halogens is 3. The number of ether oxygens (including phenoxy) is 1. The number of benzene rings is 2. The molecule has 5 nitrogen and oxygen atoms in total. The van der Waals surface area contributed by atoms with Crippen LogP contribution >= 0.6 is 0 Å². The van der Waals surface area contributed by atoms with Crippen LogP contribution in [0.5, 0.6) is 0 Å². The summed E-state index contributed by atoms with van der Waals surface area (Å²) in [6.45, 7) is 1.09. The Labute approximate surface area is 148 Å². The van der Waals surface area contributed by atoms with Gasteiger partial charge in [-0.2, -0.15) is 0 Å². The van der Waals surface area contributed by atoms with E-state index in [2.05, 4.69) is 0 Å². The molecule has 1 heterocycles. The van der Waals surface area contributed by atoms with Gasteiger partial charge in [0.05, 0.1) is 29.8 Å². The number of non-ortho nitro benzene ring substituents is 1. The first-order valence-electron chi connectivity index (χ1n) is 8.18. The molecule has 2 aromatic carbocycles. The van der Waals surface area contributed by atoms with Crippen molar-refractivity contribution in [1.82, 2.24) is 0 Å². The summed E-state index contributed by atoms with van der Waals surface area (Å²) in [4.78, 5) is 11.4. The van der Waals surface area contributed by atoms with E-state index in [0.29, 0.717) is 32.5 Å². The Balaban J connectivity index is 1.58. The normalized spacial score (nSPS) is 15.3. The van der Waals surface area contributed by atoms with Crippen molar-refractivity contribution in [3.63, 3.8) is 0 Å². The molecule has 1 aliphatic rings. The molecule has 26 heavy (non-hydrogen) atoms. The van der Waals surface area contributed by atoms with Gasteiger partial charge in [0.2, 0.25) is 0 Å². The van der Waals surface area contributed by atoms with Gasteiger partial charge in [-0.3, -0.25) is 10.1 Å². The molecule has 1 fully saturated rings. The molecule has 0 radical (unpaired) electrons. The molecule has 0 aromatic heterocycles. The van der Waals surface area contributed by atoms with Gasteiger partial charge >= 0.3 is 0 Å². The van der Waals surface area contributed by atoms with Gasteiger partial charge < -0.3 is 9.64 Å². The highest BCUT2D eigenvalue weighted by Gasteiger charge is 2.26. The third kappa shape index (κ3) is 4.13. The lowest BCUT2D eigenvalue weighted by Gasteiger charge is -2.33. The molecule has 0 amide bonds. The summed E-state index contributed by atoms with van der Waals surface area (Å²) in [7, 11) is 0. The van der Waals surface area contributed by atoms with Gasteiger partial charge in [-0.05, 0) is 30.5 Å². The van der Waals surface area contributed by atoms with Crippen molar-refractivity contribution in [2.24, 2.45) is 0 Å². The average molecular weight is 366 g/mol. The zero-order valence-electron chi connectivity index (χ0n) is 13.8. The number of hydrogen-bond donors (Lipinski definition) is 0. The molecule has 138 valence electrons. The van der Waals surface area contributed by atoms with E-state index in [9.17, 15) is 23.3 Å². The molecule has 0 aliphatic carbocycles. The van der Waals surface area contributed by atoms with Crippen LogP contribution < -0.4 is 4.90 Å². The van der Waals surface area contributed by atoms with Crippen LogP contribution in [0.15, 0.2) is 36.4 Å². The number of piperidine rings is 1. The summed E-state index contributed by atoms with van der Waals surface area (Å²) in [6.07, 6.45) is 1.06. The summed E-state index contributed by atoms with van der Waals surface area (Å²) in [5, 5.41) is 10.7. The lowest BCUT2D eigenvalue weighted by molar-refractivity contribution is -0.385. The standard InChI is InChI=1S/C18H17F3N2O3/c19-13-3-1-12(2-4-13)11-26-15-5-7-22(8-6-15)18-16(20)9-14(23(24)25)10-17(18)21/h1-4,9-10,15H,5-8,11H2. The molecule has 2 aromatic rings. The lowest BCUT2D eigenvalue weighted by atomic mass is 10.1.